The molecule has 6 nitrogen and oxygen atoms in total. The average Bonchev–Trinajstić information content (AvgIpc) is 2.84. The summed E-state index contributed by atoms with van der Waals surface area (Å²) in [7, 11) is 0. The number of nitrogens with two attached hydrogens (primary N) is 1. The largest absolute Gasteiger partial charge is 0.382 e. The van der Waals surface area contributed by atoms with E-state index in [1.54, 1.807) is 17.9 Å². The highest BCUT2D eigenvalue weighted by molar-refractivity contribution is 7.11. The van der Waals surface area contributed by atoms with Crippen LogP contribution in [0.25, 0.3) is 0 Å². The number of carbonyl (C=O) groups is 1. The Morgan fingerprint density at radius 3 is 2.87 bits per heavy atom. The molecule has 0 radical (unpaired) electrons. The van der Waals surface area contributed by atoms with E-state index in [1.165, 1.54) is 11.3 Å². The van der Waals surface area contributed by atoms with Crippen LogP contribution in [-0.4, -0.2) is 38.8 Å². The van der Waals surface area contributed by atoms with Crippen LogP contribution in [0.1, 0.15) is 40.3 Å². The molecule has 3 heterocycles. The molecule has 0 bridgehead atoms. The number of aryl methyl sites for hydroxylation is 1. The fourth-order valence-corrected chi connectivity index (χ4v) is 3.76. The van der Waals surface area contributed by atoms with Gasteiger partial charge in [-0.3, -0.25) is 9.78 Å². The van der Waals surface area contributed by atoms with Crippen LogP contribution in [-0.2, 0) is 6.42 Å². The second kappa shape index (κ2) is 7.04. The lowest BCUT2D eigenvalue weighted by atomic mass is 9.95. The number of thiazole rings is 1. The van der Waals surface area contributed by atoms with Gasteiger partial charge in [0.2, 0.25) is 0 Å². The standard InChI is InChI=1S/C16H21N5OS/c1-11-15(23-10-20-11)16(22)21-5-2-3-12(4-6-21)7-13-8-19-14(17)9-18-13/h8-10,12H,2-7H2,1H3,(H2,17,19)/t12-/m0/s1. The molecule has 3 rings (SSSR count). The maximum atomic E-state index is 12.6. The lowest BCUT2D eigenvalue weighted by Gasteiger charge is -2.20. The molecule has 1 saturated heterocycles. The van der Waals surface area contributed by atoms with Crippen LogP contribution in [0.4, 0.5) is 5.82 Å². The Morgan fingerprint density at radius 1 is 1.30 bits per heavy atom. The van der Waals surface area contributed by atoms with Crippen molar-refractivity contribution in [2.45, 2.75) is 32.6 Å². The van der Waals surface area contributed by atoms with Crippen molar-refractivity contribution in [3.05, 3.63) is 34.2 Å². The molecule has 2 N–H and O–H groups in total. The van der Waals surface area contributed by atoms with Crippen LogP contribution < -0.4 is 5.73 Å². The molecule has 1 fully saturated rings. The first kappa shape index (κ1) is 15.9. The van der Waals surface area contributed by atoms with Crippen LogP contribution in [0.2, 0.25) is 0 Å². The zero-order chi connectivity index (χ0) is 16.2. The van der Waals surface area contributed by atoms with Gasteiger partial charge in [0.25, 0.3) is 5.91 Å². The van der Waals surface area contributed by atoms with Crippen molar-refractivity contribution in [1.82, 2.24) is 19.9 Å². The monoisotopic (exact) mass is 331 g/mol. The molecule has 0 saturated carbocycles. The number of nitrogen functional groups attached to an aromatic ring is 1. The lowest BCUT2D eigenvalue weighted by molar-refractivity contribution is 0.0764. The summed E-state index contributed by atoms with van der Waals surface area (Å²) in [6.07, 6.45) is 7.39. The molecule has 2 aromatic rings. The Bertz CT molecular complexity index is 669. The first-order valence-corrected chi connectivity index (χ1v) is 8.77. The second-order valence-corrected chi connectivity index (χ2v) is 6.85. The summed E-state index contributed by atoms with van der Waals surface area (Å²) in [6.45, 7) is 3.51. The Labute approximate surface area is 139 Å². The number of nitrogens with zero attached hydrogens (tertiary/aromatic N) is 4. The third kappa shape index (κ3) is 3.85. The Hall–Kier alpha value is -2.02. The smallest absolute Gasteiger partial charge is 0.265 e. The summed E-state index contributed by atoms with van der Waals surface area (Å²) in [5, 5.41) is 0. The number of amides is 1. The van der Waals surface area contributed by atoms with Gasteiger partial charge in [0.15, 0.2) is 0 Å². The normalized spacial score (nSPS) is 18.7. The van der Waals surface area contributed by atoms with E-state index in [0.29, 0.717) is 11.7 Å². The molecule has 2 aromatic heterocycles. The third-order valence-corrected chi connectivity index (χ3v) is 5.21. The Balaban J connectivity index is 1.60. The first-order chi connectivity index (χ1) is 11.1. The van der Waals surface area contributed by atoms with E-state index in [-0.39, 0.29) is 5.91 Å². The fourth-order valence-electron chi connectivity index (χ4n) is 2.99. The number of carbonyl (C=O) groups excluding carboxylic acids is 1. The van der Waals surface area contributed by atoms with Crippen LogP contribution >= 0.6 is 11.3 Å². The molecule has 0 aliphatic carbocycles. The number of rotatable bonds is 3. The van der Waals surface area contributed by atoms with Crippen LogP contribution in [0, 0.1) is 12.8 Å². The summed E-state index contributed by atoms with van der Waals surface area (Å²) >= 11 is 1.43. The van der Waals surface area contributed by atoms with E-state index >= 15 is 0 Å². The van der Waals surface area contributed by atoms with Gasteiger partial charge in [-0.1, -0.05) is 0 Å². The summed E-state index contributed by atoms with van der Waals surface area (Å²) in [5.74, 6) is 1.11. The topological polar surface area (TPSA) is 85.0 Å². The molecule has 0 aromatic carbocycles. The third-order valence-electron chi connectivity index (χ3n) is 4.30. The molecule has 1 aliphatic heterocycles. The summed E-state index contributed by atoms with van der Waals surface area (Å²) in [6, 6.07) is 0. The fraction of sp³-hybridized carbons (Fsp3) is 0.500. The van der Waals surface area contributed by atoms with Gasteiger partial charge in [0, 0.05) is 13.1 Å². The van der Waals surface area contributed by atoms with Gasteiger partial charge < -0.3 is 10.6 Å². The number of likely N-dealkylation sites (tertiary alicyclic amines) is 1. The summed E-state index contributed by atoms with van der Waals surface area (Å²) in [4.78, 5) is 27.9. The average molecular weight is 331 g/mol. The first-order valence-electron chi connectivity index (χ1n) is 7.89. The maximum Gasteiger partial charge on any atom is 0.265 e. The quantitative estimate of drug-likeness (QED) is 0.933. The highest BCUT2D eigenvalue weighted by Crippen LogP contribution is 2.23. The second-order valence-electron chi connectivity index (χ2n) is 5.99. The number of anilines is 1. The molecule has 23 heavy (non-hydrogen) atoms. The van der Waals surface area contributed by atoms with Gasteiger partial charge in [0.05, 0.1) is 29.3 Å². The number of hydrogen-bond donors (Lipinski definition) is 1. The van der Waals surface area contributed by atoms with Crippen molar-refractivity contribution in [2.75, 3.05) is 18.8 Å². The van der Waals surface area contributed by atoms with Gasteiger partial charge in [-0.25, -0.2) is 9.97 Å². The van der Waals surface area contributed by atoms with Gasteiger partial charge in [-0.05, 0) is 38.5 Å². The van der Waals surface area contributed by atoms with Gasteiger partial charge in [-0.15, -0.1) is 11.3 Å². The molecular weight excluding hydrogens is 310 g/mol. The molecule has 7 heteroatoms. The van der Waals surface area contributed by atoms with Crippen molar-refractivity contribution in [1.29, 1.82) is 0 Å². The Morgan fingerprint density at radius 2 is 2.17 bits per heavy atom. The molecule has 0 spiro atoms. The van der Waals surface area contributed by atoms with Crippen molar-refractivity contribution in [3.8, 4) is 0 Å². The molecule has 1 atom stereocenters. The van der Waals surface area contributed by atoms with Gasteiger partial charge in [-0.2, -0.15) is 0 Å². The highest BCUT2D eigenvalue weighted by atomic mass is 32.1. The lowest BCUT2D eigenvalue weighted by Crippen LogP contribution is -2.32. The minimum Gasteiger partial charge on any atom is -0.382 e. The van der Waals surface area contributed by atoms with Gasteiger partial charge >= 0.3 is 0 Å². The van der Waals surface area contributed by atoms with Crippen molar-refractivity contribution < 1.29 is 4.79 Å². The summed E-state index contributed by atoms with van der Waals surface area (Å²) in [5.41, 5.74) is 9.12. The van der Waals surface area contributed by atoms with E-state index in [0.717, 1.165) is 55.0 Å². The van der Waals surface area contributed by atoms with Crippen molar-refractivity contribution >= 4 is 23.1 Å². The van der Waals surface area contributed by atoms with E-state index < -0.39 is 0 Å². The van der Waals surface area contributed by atoms with Gasteiger partial charge in [0.1, 0.15) is 10.7 Å². The highest BCUT2D eigenvalue weighted by Gasteiger charge is 2.24. The molecule has 122 valence electrons. The number of hydrogen-bond acceptors (Lipinski definition) is 6. The predicted molar refractivity (Wildman–Crippen MR) is 90.2 cm³/mol. The van der Waals surface area contributed by atoms with Crippen LogP contribution in [0.5, 0.6) is 0 Å². The molecule has 0 unspecified atom stereocenters. The predicted octanol–water partition coefficient (Wildman–Crippen LogP) is 2.31. The minimum absolute atomic E-state index is 0.123. The van der Waals surface area contributed by atoms with E-state index in [9.17, 15) is 4.79 Å². The van der Waals surface area contributed by atoms with E-state index in [1.807, 2.05) is 11.8 Å². The zero-order valence-electron chi connectivity index (χ0n) is 13.2. The van der Waals surface area contributed by atoms with Crippen LogP contribution in [0.15, 0.2) is 17.9 Å². The molecule has 1 aliphatic rings. The maximum absolute atomic E-state index is 12.6. The van der Waals surface area contributed by atoms with Crippen molar-refractivity contribution in [3.63, 3.8) is 0 Å². The summed E-state index contributed by atoms with van der Waals surface area (Å²) < 4.78 is 0. The molecule has 1 amide bonds. The van der Waals surface area contributed by atoms with Crippen LogP contribution in [0.3, 0.4) is 0 Å². The van der Waals surface area contributed by atoms with E-state index in [4.69, 9.17) is 5.73 Å². The number of aromatic nitrogens is 3. The Kier molecular flexibility index (Phi) is 4.85. The van der Waals surface area contributed by atoms with E-state index in [2.05, 4.69) is 15.0 Å². The zero-order valence-corrected chi connectivity index (χ0v) is 14.1. The molecular formula is C16H21N5OS. The van der Waals surface area contributed by atoms with Crippen molar-refractivity contribution in [2.24, 2.45) is 5.92 Å². The minimum atomic E-state index is 0.123. The SMILES string of the molecule is Cc1ncsc1C(=O)N1CCC[C@H](Cc2cnc(N)cn2)CC1.